The van der Waals surface area contributed by atoms with Crippen LogP contribution in [-0.4, -0.2) is 26.5 Å². The lowest BCUT2D eigenvalue weighted by Crippen LogP contribution is -2.26. The Balaban J connectivity index is 2.33. The van der Waals surface area contributed by atoms with Crippen LogP contribution in [0.25, 0.3) is 22.2 Å². The van der Waals surface area contributed by atoms with Crippen molar-refractivity contribution in [2.24, 2.45) is 0 Å². The number of aliphatic hydroxyl groups excluding tert-OH is 1. The average molecular weight is 425 g/mol. The van der Waals surface area contributed by atoms with Gasteiger partial charge in [-0.1, -0.05) is 29.8 Å². The summed E-state index contributed by atoms with van der Waals surface area (Å²) in [5.41, 5.74) is 1.56. The van der Waals surface area contributed by atoms with Gasteiger partial charge in [-0.05, 0) is 46.6 Å². The maximum Gasteiger partial charge on any atom is 0.419 e. The smallest absolute Gasteiger partial charge is 0.419 e. The molecule has 0 amide bonds. The number of benzene rings is 1. The number of aliphatic hydroxyl groups is 1. The number of rotatable bonds is 4. The van der Waals surface area contributed by atoms with Gasteiger partial charge in [-0.15, -0.1) is 0 Å². The van der Waals surface area contributed by atoms with Crippen molar-refractivity contribution in [3.05, 3.63) is 63.7 Å². The second-order valence-electron chi connectivity index (χ2n) is 8.60. The number of hydrogen-bond acceptors (Lipinski definition) is 6. The van der Waals surface area contributed by atoms with Crippen LogP contribution in [0.4, 0.5) is 4.79 Å². The van der Waals surface area contributed by atoms with Crippen molar-refractivity contribution >= 4 is 17.0 Å². The molecule has 0 radical (unpaired) electrons. The van der Waals surface area contributed by atoms with E-state index in [1.165, 1.54) is 10.8 Å². The molecule has 2 heterocycles. The molecule has 31 heavy (non-hydrogen) atoms. The highest BCUT2D eigenvalue weighted by Gasteiger charge is 2.25. The molecule has 7 nitrogen and oxygen atoms in total. The van der Waals surface area contributed by atoms with Gasteiger partial charge in [-0.3, -0.25) is 9.36 Å². The first-order valence-electron chi connectivity index (χ1n) is 9.98. The monoisotopic (exact) mass is 425 g/mol. The van der Waals surface area contributed by atoms with Crippen LogP contribution in [0, 0.1) is 0 Å². The minimum Gasteiger partial charge on any atom is -0.502 e. The maximum atomic E-state index is 13.0. The fourth-order valence-corrected chi connectivity index (χ4v) is 3.27. The predicted molar refractivity (Wildman–Crippen MR) is 118 cm³/mol. The molecule has 0 spiro atoms. The van der Waals surface area contributed by atoms with Crippen molar-refractivity contribution in [1.29, 1.82) is 0 Å². The summed E-state index contributed by atoms with van der Waals surface area (Å²) in [7, 11) is 0. The molecule has 0 bridgehead atoms. The van der Waals surface area contributed by atoms with E-state index < -0.39 is 29.5 Å². The lowest BCUT2D eigenvalue weighted by atomic mass is 10.0. The number of ether oxygens (including phenoxy) is 1. The van der Waals surface area contributed by atoms with E-state index in [2.05, 4.69) is 0 Å². The SMILES string of the molecule is CC(C)=CCc1cccc2c(-c3oc(CO)cc(=O)c3O)cn(C(=O)OC(C)(C)C)c12. The van der Waals surface area contributed by atoms with Gasteiger partial charge in [0.2, 0.25) is 11.2 Å². The second kappa shape index (κ2) is 8.43. The lowest BCUT2D eigenvalue weighted by Gasteiger charge is -2.20. The molecule has 0 saturated carbocycles. The molecule has 3 rings (SSSR count). The normalized spacial score (nSPS) is 11.5. The fourth-order valence-electron chi connectivity index (χ4n) is 3.27. The van der Waals surface area contributed by atoms with Crippen molar-refractivity contribution in [2.75, 3.05) is 0 Å². The molecule has 1 aromatic carbocycles. The van der Waals surface area contributed by atoms with Gasteiger partial charge >= 0.3 is 6.09 Å². The Labute approximate surface area is 180 Å². The summed E-state index contributed by atoms with van der Waals surface area (Å²) >= 11 is 0. The number of hydrogen-bond donors (Lipinski definition) is 2. The summed E-state index contributed by atoms with van der Waals surface area (Å²) < 4.78 is 12.5. The summed E-state index contributed by atoms with van der Waals surface area (Å²) in [6, 6.07) is 6.56. The van der Waals surface area contributed by atoms with E-state index in [1.807, 2.05) is 32.1 Å². The molecule has 0 aliphatic rings. The highest BCUT2D eigenvalue weighted by molar-refractivity contribution is 6.02. The summed E-state index contributed by atoms with van der Waals surface area (Å²) in [4.78, 5) is 25.2. The molecule has 0 fully saturated rings. The van der Waals surface area contributed by atoms with E-state index >= 15 is 0 Å². The second-order valence-corrected chi connectivity index (χ2v) is 8.60. The first-order valence-corrected chi connectivity index (χ1v) is 9.98. The summed E-state index contributed by atoms with van der Waals surface area (Å²) in [5.74, 6) is -0.685. The minimum atomic E-state index is -0.714. The van der Waals surface area contributed by atoms with Crippen molar-refractivity contribution in [3.63, 3.8) is 0 Å². The molecule has 0 saturated heterocycles. The van der Waals surface area contributed by atoms with E-state index in [-0.39, 0.29) is 11.5 Å². The highest BCUT2D eigenvalue weighted by atomic mass is 16.6. The standard InChI is InChI=1S/C24H27NO6/c1-14(2)9-10-15-7-6-8-17-18(22-21(28)19(27)11-16(13-26)30-22)12-25(20(15)17)23(29)31-24(3,4)5/h6-9,11-12,26,28H,10,13H2,1-5H3. The van der Waals surface area contributed by atoms with Gasteiger partial charge in [0.15, 0.2) is 5.76 Å². The summed E-state index contributed by atoms with van der Waals surface area (Å²) in [5, 5.41) is 20.4. The van der Waals surface area contributed by atoms with Gasteiger partial charge in [-0.25, -0.2) is 4.79 Å². The third-order valence-electron chi connectivity index (χ3n) is 4.60. The van der Waals surface area contributed by atoms with Crippen molar-refractivity contribution < 1.29 is 24.2 Å². The topological polar surface area (TPSA) is 102 Å². The molecular weight excluding hydrogens is 398 g/mol. The van der Waals surface area contributed by atoms with E-state index in [0.717, 1.165) is 17.2 Å². The van der Waals surface area contributed by atoms with Gasteiger partial charge in [0.1, 0.15) is 18.0 Å². The number of aromatic hydroxyl groups is 1. The van der Waals surface area contributed by atoms with Gasteiger partial charge < -0.3 is 19.4 Å². The molecule has 2 N–H and O–H groups in total. The number of para-hydroxylation sites is 1. The number of aromatic nitrogens is 1. The first-order chi connectivity index (χ1) is 14.5. The van der Waals surface area contributed by atoms with Crippen LogP contribution < -0.4 is 5.43 Å². The molecule has 0 aliphatic carbocycles. The van der Waals surface area contributed by atoms with Crippen LogP contribution in [-0.2, 0) is 17.8 Å². The number of allylic oxidation sites excluding steroid dienone is 2. The first kappa shape index (κ1) is 22.4. The Morgan fingerprint density at radius 2 is 1.97 bits per heavy atom. The van der Waals surface area contributed by atoms with E-state index in [4.69, 9.17) is 9.15 Å². The highest BCUT2D eigenvalue weighted by Crippen LogP contribution is 2.37. The van der Waals surface area contributed by atoms with E-state index in [0.29, 0.717) is 22.9 Å². The Bertz CT molecular complexity index is 1220. The third kappa shape index (κ3) is 4.72. The molecule has 0 unspecified atom stereocenters. The number of carbonyl (C=O) groups is 1. The minimum absolute atomic E-state index is 0.0108. The van der Waals surface area contributed by atoms with Crippen LogP contribution >= 0.6 is 0 Å². The molecule has 2 aromatic heterocycles. The lowest BCUT2D eigenvalue weighted by molar-refractivity contribution is 0.0544. The molecular formula is C24H27NO6. The van der Waals surface area contributed by atoms with Crippen molar-refractivity contribution in [2.45, 2.75) is 53.2 Å². The Morgan fingerprint density at radius 1 is 1.26 bits per heavy atom. The maximum absolute atomic E-state index is 13.0. The summed E-state index contributed by atoms with van der Waals surface area (Å²) in [6.45, 7) is 8.81. The van der Waals surface area contributed by atoms with E-state index in [9.17, 15) is 19.8 Å². The predicted octanol–water partition coefficient (Wildman–Crippen LogP) is 4.75. The third-order valence-corrected chi connectivity index (χ3v) is 4.60. The van der Waals surface area contributed by atoms with Gasteiger partial charge in [0.05, 0.1) is 5.52 Å². The van der Waals surface area contributed by atoms with Crippen LogP contribution in [0.15, 0.2) is 51.3 Å². The van der Waals surface area contributed by atoms with Crippen LogP contribution in [0.5, 0.6) is 5.75 Å². The Kier molecular flexibility index (Phi) is 6.08. The van der Waals surface area contributed by atoms with Crippen molar-refractivity contribution in [3.8, 4) is 17.1 Å². The van der Waals surface area contributed by atoms with Gasteiger partial charge in [-0.2, -0.15) is 0 Å². The molecule has 3 aromatic rings. The van der Waals surface area contributed by atoms with Crippen LogP contribution in [0.1, 0.15) is 45.9 Å². The average Bonchev–Trinajstić information content (AvgIpc) is 3.07. The van der Waals surface area contributed by atoms with Gasteiger partial charge in [0.25, 0.3) is 0 Å². The summed E-state index contributed by atoms with van der Waals surface area (Å²) in [6.07, 6.45) is 3.53. The molecule has 164 valence electrons. The zero-order valence-electron chi connectivity index (χ0n) is 18.4. The largest absolute Gasteiger partial charge is 0.502 e. The van der Waals surface area contributed by atoms with Gasteiger partial charge in [0, 0.05) is 23.2 Å². The molecule has 7 heteroatoms. The number of nitrogens with zero attached hydrogens (tertiary/aromatic N) is 1. The quantitative estimate of drug-likeness (QED) is 0.585. The Morgan fingerprint density at radius 3 is 2.58 bits per heavy atom. The number of fused-ring (bicyclic) bond motifs is 1. The molecule has 0 aliphatic heterocycles. The van der Waals surface area contributed by atoms with Crippen LogP contribution in [0.2, 0.25) is 0 Å². The fraction of sp³-hybridized carbons (Fsp3) is 0.333. The van der Waals surface area contributed by atoms with Crippen LogP contribution in [0.3, 0.4) is 0 Å². The Hall–Kier alpha value is -3.32. The zero-order valence-corrected chi connectivity index (χ0v) is 18.4. The molecule has 0 atom stereocenters. The zero-order chi connectivity index (χ0) is 22.9. The number of carbonyl (C=O) groups excluding carboxylic acids is 1. The van der Waals surface area contributed by atoms with Crippen molar-refractivity contribution in [1.82, 2.24) is 4.57 Å². The van der Waals surface area contributed by atoms with E-state index in [1.54, 1.807) is 26.8 Å².